The van der Waals surface area contributed by atoms with E-state index in [9.17, 15) is 18.0 Å². The Morgan fingerprint density at radius 1 is 1.21 bits per heavy atom. The summed E-state index contributed by atoms with van der Waals surface area (Å²) in [7, 11) is 0. The molecular formula is C17H21ClF3NO2. The van der Waals surface area contributed by atoms with Gasteiger partial charge < -0.3 is 4.84 Å². The smallest absolute Gasteiger partial charge is 0.367 e. The quantitative estimate of drug-likeness (QED) is 0.737. The molecule has 3 nitrogen and oxygen atoms in total. The number of benzene rings is 1. The van der Waals surface area contributed by atoms with Crippen molar-refractivity contribution in [3.63, 3.8) is 0 Å². The molecule has 0 unspecified atom stereocenters. The van der Waals surface area contributed by atoms with Gasteiger partial charge in [-0.1, -0.05) is 23.7 Å². The third-order valence-corrected chi connectivity index (χ3v) is 4.36. The number of nitrogens with zero attached hydrogens (tertiary/aromatic N) is 1. The lowest BCUT2D eigenvalue weighted by Crippen LogP contribution is -2.38. The molecule has 0 amide bonds. The van der Waals surface area contributed by atoms with Gasteiger partial charge in [-0.05, 0) is 51.2 Å². The SMILES string of the molecule is CC(C)(C)C(=O)ON1CCC(c2cccc(Cl)c2C(F)(F)F)CC1. The Labute approximate surface area is 144 Å². The fraction of sp³-hybridized carbons (Fsp3) is 0.588. The first-order chi connectivity index (χ1) is 11.0. The molecule has 0 N–H and O–H groups in total. The number of hydrogen-bond donors (Lipinski definition) is 0. The maximum Gasteiger partial charge on any atom is 0.418 e. The molecular weight excluding hydrogens is 343 g/mol. The summed E-state index contributed by atoms with van der Waals surface area (Å²) in [6.07, 6.45) is -3.54. The third-order valence-electron chi connectivity index (χ3n) is 4.05. The van der Waals surface area contributed by atoms with E-state index >= 15 is 0 Å². The molecule has 1 heterocycles. The van der Waals surface area contributed by atoms with Crippen molar-refractivity contribution < 1.29 is 22.8 Å². The summed E-state index contributed by atoms with van der Waals surface area (Å²) in [4.78, 5) is 17.2. The highest BCUT2D eigenvalue weighted by Gasteiger charge is 2.38. The fourth-order valence-corrected chi connectivity index (χ4v) is 2.98. The number of alkyl halides is 3. The van der Waals surface area contributed by atoms with Gasteiger partial charge in [-0.25, -0.2) is 4.79 Å². The van der Waals surface area contributed by atoms with Gasteiger partial charge in [-0.2, -0.15) is 13.2 Å². The van der Waals surface area contributed by atoms with Crippen LogP contribution in [0.2, 0.25) is 5.02 Å². The van der Waals surface area contributed by atoms with Gasteiger partial charge in [0.25, 0.3) is 0 Å². The largest absolute Gasteiger partial charge is 0.418 e. The van der Waals surface area contributed by atoms with Gasteiger partial charge >= 0.3 is 12.1 Å². The molecule has 1 aromatic carbocycles. The van der Waals surface area contributed by atoms with Crippen molar-refractivity contribution in [1.29, 1.82) is 0 Å². The van der Waals surface area contributed by atoms with E-state index in [4.69, 9.17) is 16.4 Å². The van der Waals surface area contributed by atoms with Crippen LogP contribution in [0, 0.1) is 5.41 Å². The van der Waals surface area contributed by atoms with Crippen LogP contribution >= 0.6 is 11.6 Å². The lowest BCUT2D eigenvalue weighted by Gasteiger charge is -2.33. The minimum atomic E-state index is -4.48. The second-order valence-corrected chi connectivity index (χ2v) is 7.44. The average molecular weight is 364 g/mol. The molecule has 0 atom stereocenters. The number of rotatable bonds is 2. The van der Waals surface area contributed by atoms with Crippen molar-refractivity contribution in [2.75, 3.05) is 13.1 Å². The lowest BCUT2D eigenvalue weighted by molar-refractivity contribution is -0.204. The second-order valence-electron chi connectivity index (χ2n) is 7.03. The van der Waals surface area contributed by atoms with Crippen LogP contribution in [-0.4, -0.2) is 24.1 Å². The summed E-state index contributed by atoms with van der Waals surface area (Å²) in [6, 6.07) is 4.28. The molecule has 7 heteroatoms. The predicted octanol–water partition coefficient (Wildman–Crippen LogP) is 5.04. The Hall–Kier alpha value is -1.27. The number of halogens is 4. The minimum Gasteiger partial charge on any atom is -0.367 e. The van der Waals surface area contributed by atoms with E-state index in [2.05, 4.69) is 0 Å². The zero-order valence-corrected chi connectivity index (χ0v) is 14.7. The number of piperidine rings is 1. The van der Waals surface area contributed by atoms with Gasteiger partial charge in [-0.15, -0.1) is 5.06 Å². The number of hydroxylamine groups is 2. The molecule has 0 aromatic heterocycles. The van der Waals surface area contributed by atoms with E-state index < -0.39 is 17.2 Å². The monoisotopic (exact) mass is 363 g/mol. The maximum absolute atomic E-state index is 13.3. The first-order valence-electron chi connectivity index (χ1n) is 7.83. The zero-order valence-electron chi connectivity index (χ0n) is 13.9. The van der Waals surface area contributed by atoms with E-state index in [0.717, 1.165) is 0 Å². The molecule has 134 valence electrons. The van der Waals surface area contributed by atoms with Crippen LogP contribution in [0.1, 0.15) is 50.7 Å². The Morgan fingerprint density at radius 2 is 1.79 bits per heavy atom. The first kappa shape index (κ1) is 19.1. The molecule has 1 fully saturated rings. The maximum atomic E-state index is 13.3. The van der Waals surface area contributed by atoms with E-state index in [1.165, 1.54) is 17.2 Å². The van der Waals surface area contributed by atoms with Crippen LogP contribution in [0.3, 0.4) is 0 Å². The van der Waals surface area contributed by atoms with Crippen LogP contribution < -0.4 is 0 Å². The normalized spacial score (nSPS) is 17.8. The topological polar surface area (TPSA) is 29.5 Å². The van der Waals surface area contributed by atoms with Crippen molar-refractivity contribution in [3.8, 4) is 0 Å². The van der Waals surface area contributed by atoms with Crippen molar-refractivity contribution in [3.05, 3.63) is 34.3 Å². The van der Waals surface area contributed by atoms with E-state index in [0.29, 0.717) is 25.9 Å². The summed E-state index contributed by atoms with van der Waals surface area (Å²) in [5, 5.41) is 1.25. The number of carbonyl (C=O) groups excluding carboxylic acids is 1. The van der Waals surface area contributed by atoms with Crippen LogP contribution in [-0.2, 0) is 15.8 Å². The molecule has 24 heavy (non-hydrogen) atoms. The van der Waals surface area contributed by atoms with Gasteiger partial charge in [0, 0.05) is 13.1 Å². The van der Waals surface area contributed by atoms with E-state index in [1.54, 1.807) is 26.8 Å². The molecule has 0 bridgehead atoms. The van der Waals surface area contributed by atoms with Crippen LogP contribution in [0.5, 0.6) is 0 Å². The van der Waals surface area contributed by atoms with Gasteiger partial charge in [-0.3, -0.25) is 0 Å². The Morgan fingerprint density at radius 3 is 2.29 bits per heavy atom. The summed E-state index contributed by atoms with van der Waals surface area (Å²) >= 11 is 5.78. The molecule has 0 aliphatic carbocycles. The first-order valence-corrected chi connectivity index (χ1v) is 8.21. The molecule has 0 radical (unpaired) electrons. The molecule has 2 rings (SSSR count). The summed E-state index contributed by atoms with van der Waals surface area (Å²) in [5.74, 6) is -0.607. The van der Waals surface area contributed by atoms with Gasteiger partial charge in [0.15, 0.2) is 0 Å². The van der Waals surface area contributed by atoms with E-state index in [-0.39, 0.29) is 22.5 Å². The second kappa shape index (κ2) is 6.92. The highest BCUT2D eigenvalue weighted by molar-refractivity contribution is 6.31. The third kappa shape index (κ3) is 4.42. The van der Waals surface area contributed by atoms with Crippen molar-refractivity contribution in [1.82, 2.24) is 5.06 Å². The van der Waals surface area contributed by atoms with Crippen molar-refractivity contribution in [2.24, 2.45) is 5.41 Å². The molecule has 1 aromatic rings. The number of hydrogen-bond acceptors (Lipinski definition) is 3. The van der Waals surface area contributed by atoms with Crippen molar-refractivity contribution in [2.45, 2.75) is 45.7 Å². The van der Waals surface area contributed by atoms with Crippen molar-refractivity contribution >= 4 is 17.6 Å². The summed E-state index contributed by atoms with van der Waals surface area (Å²) in [6.45, 7) is 6.06. The average Bonchev–Trinajstić information content (AvgIpc) is 2.45. The standard InChI is InChI=1S/C17H21ClF3NO2/c1-16(2,3)15(23)24-22-9-7-11(8-10-22)12-5-4-6-13(18)14(12)17(19,20)21/h4-6,11H,7-10H2,1-3H3. The summed E-state index contributed by atoms with van der Waals surface area (Å²) < 4.78 is 39.8. The Kier molecular flexibility index (Phi) is 5.50. The highest BCUT2D eigenvalue weighted by atomic mass is 35.5. The zero-order chi connectivity index (χ0) is 18.1. The molecule has 1 aliphatic rings. The predicted molar refractivity (Wildman–Crippen MR) is 85.5 cm³/mol. The van der Waals surface area contributed by atoms with Crippen LogP contribution in [0.15, 0.2) is 18.2 Å². The highest BCUT2D eigenvalue weighted by Crippen LogP contribution is 2.42. The molecule has 1 saturated heterocycles. The minimum absolute atomic E-state index is 0.219. The number of carbonyl (C=O) groups is 1. The Bertz CT molecular complexity index is 603. The molecule has 1 aliphatic heterocycles. The Balaban J connectivity index is 2.09. The molecule has 0 saturated carbocycles. The van der Waals surface area contributed by atoms with Crippen LogP contribution in [0.25, 0.3) is 0 Å². The van der Waals surface area contributed by atoms with Gasteiger partial charge in [0.2, 0.25) is 0 Å². The van der Waals surface area contributed by atoms with Crippen LogP contribution in [0.4, 0.5) is 13.2 Å². The van der Waals surface area contributed by atoms with Gasteiger partial charge in [0.1, 0.15) is 0 Å². The lowest BCUT2D eigenvalue weighted by atomic mass is 9.86. The van der Waals surface area contributed by atoms with Gasteiger partial charge in [0.05, 0.1) is 16.0 Å². The summed E-state index contributed by atoms with van der Waals surface area (Å²) in [5.41, 5.74) is -1.15. The fourth-order valence-electron chi connectivity index (χ4n) is 2.69. The molecule has 0 spiro atoms. The van der Waals surface area contributed by atoms with E-state index in [1.807, 2.05) is 0 Å².